The van der Waals surface area contributed by atoms with Gasteiger partial charge in [0.25, 0.3) is 5.91 Å². The molecule has 0 atom stereocenters. The molecule has 2 aromatic rings. The molecule has 2 rings (SSSR count). The first kappa shape index (κ1) is 12.8. The summed E-state index contributed by atoms with van der Waals surface area (Å²) in [6.07, 6.45) is 4.11. The van der Waals surface area contributed by atoms with Crippen molar-refractivity contribution in [1.82, 2.24) is 9.97 Å². The highest BCUT2D eigenvalue weighted by molar-refractivity contribution is 6.03. The third-order valence-electron chi connectivity index (χ3n) is 2.25. The predicted molar refractivity (Wildman–Crippen MR) is 64.2 cm³/mol. The van der Waals surface area contributed by atoms with Gasteiger partial charge >= 0.3 is 0 Å². The zero-order valence-corrected chi connectivity index (χ0v) is 9.52. The summed E-state index contributed by atoms with van der Waals surface area (Å²) >= 11 is 0. The molecule has 0 spiro atoms. The first-order chi connectivity index (χ1) is 9.11. The van der Waals surface area contributed by atoms with E-state index in [-0.39, 0.29) is 11.4 Å². The SMILES string of the molecule is NNc1c(F)cc(C(=O)Nc2cnccn2)cc1F. The molecule has 98 valence electrons. The van der Waals surface area contributed by atoms with Gasteiger partial charge in [-0.05, 0) is 12.1 Å². The van der Waals surface area contributed by atoms with E-state index in [0.717, 1.165) is 12.1 Å². The van der Waals surface area contributed by atoms with Crippen molar-refractivity contribution in [2.24, 2.45) is 5.84 Å². The highest BCUT2D eigenvalue weighted by Gasteiger charge is 2.15. The van der Waals surface area contributed by atoms with Crippen LogP contribution in [0.4, 0.5) is 20.3 Å². The van der Waals surface area contributed by atoms with Crippen LogP contribution in [-0.4, -0.2) is 15.9 Å². The molecule has 8 heteroatoms. The molecule has 0 saturated heterocycles. The number of anilines is 2. The molecule has 0 saturated carbocycles. The number of nitrogen functional groups attached to an aromatic ring is 1. The van der Waals surface area contributed by atoms with E-state index in [9.17, 15) is 13.6 Å². The summed E-state index contributed by atoms with van der Waals surface area (Å²) in [6.45, 7) is 0. The number of nitrogens with zero attached hydrogens (tertiary/aromatic N) is 2. The number of amides is 1. The number of carbonyl (C=O) groups is 1. The zero-order valence-electron chi connectivity index (χ0n) is 9.52. The second kappa shape index (κ2) is 5.36. The first-order valence-electron chi connectivity index (χ1n) is 5.15. The fourth-order valence-electron chi connectivity index (χ4n) is 1.39. The Morgan fingerprint density at radius 3 is 2.42 bits per heavy atom. The molecular weight excluding hydrogens is 256 g/mol. The molecular formula is C11H9F2N5O. The number of benzene rings is 1. The summed E-state index contributed by atoms with van der Waals surface area (Å²) < 4.78 is 26.8. The minimum atomic E-state index is -0.966. The Morgan fingerprint density at radius 1 is 1.21 bits per heavy atom. The van der Waals surface area contributed by atoms with Gasteiger partial charge < -0.3 is 10.7 Å². The van der Waals surface area contributed by atoms with Gasteiger partial charge in [-0.1, -0.05) is 0 Å². The fraction of sp³-hybridized carbons (Fsp3) is 0. The van der Waals surface area contributed by atoms with Gasteiger partial charge in [0, 0.05) is 18.0 Å². The van der Waals surface area contributed by atoms with E-state index in [1.807, 2.05) is 5.43 Å². The molecule has 1 aromatic carbocycles. The monoisotopic (exact) mass is 265 g/mol. The van der Waals surface area contributed by atoms with Crippen LogP contribution in [0.5, 0.6) is 0 Å². The van der Waals surface area contributed by atoms with E-state index in [1.54, 1.807) is 0 Å². The van der Waals surface area contributed by atoms with Crippen LogP contribution in [-0.2, 0) is 0 Å². The van der Waals surface area contributed by atoms with E-state index in [1.165, 1.54) is 18.6 Å². The van der Waals surface area contributed by atoms with Gasteiger partial charge in [-0.25, -0.2) is 13.8 Å². The summed E-state index contributed by atoms with van der Waals surface area (Å²) in [5, 5.41) is 2.35. The quantitative estimate of drug-likeness (QED) is 0.574. The van der Waals surface area contributed by atoms with Crippen LogP contribution in [0.1, 0.15) is 10.4 Å². The molecule has 0 unspecified atom stereocenters. The first-order valence-corrected chi connectivity index (χ1v) is 5.15. The maximum Gasteiger partial charge on any atom is 0.257 e. The summed E-state index contributed by atoms with van der Waals surface area (Å²) in [4.78, 5) is 19.3. The van der Waals surface area contributed by atoms with E-state index in [4.69, 9.17) is 5.84 Å². The lowest BCUT2D eigenvalue weighted by Crippen LogP contribution is -2.16. The number of nitrogens with one attached hydrogen (secondary N) is 2. The van der Waals surface area contributed by atoms with Crippen LogP contribution in [0.15, 0.2) is 30.7 Å². The van der Waals surface area contributed by atoms with Gasteiger partial charge in [-0.3, -0.25) is 15.6 Å². The van der Waals surface area contributed by atoms with Crippen molar-refractivity contribution in [3.8, 4) is 0 Å². The standard InChI is InChI=1S/C11H9F2N5O/c12-7-3-6(4-8(13)10(7)18-14)11(19)17-9-5-15-1-2-16-9/h1-5,18H,14H2,(H,16,17,19). The number of hydrazine groups is 1. The highest BCUT2D eigenvalue weighted by atomic mass is 19.1. The number of hydrogen-bond donors (Lipinski definition) is 3. The predicted octanol–water partition coefficient (Wildman–Crippen LogP) is 1.29. The minimum Gasteiger partial charge on any atom is -0.319 e. The van der Waals surface area contributed by atoms with Crippen LogP contribution in [0.2, 0.25) is 0 Å². The molecule has 4 N–H and O–H groups in total. The van der Waals surface area contributed by atoms with Crippen molar-refractivity contribution in [2.45, 2.75) is 0 Å². The third kappa shape index (κ3) is 2.80. The number of halogens is 2. The number of carbonyl (C=O) groups excluding carboxylic acids is 1. The summed E-state index contributed by atoms with van der Waals surface area (Å²) in [7, 11) is 0. The van der Waals surface area contributed by atoms with Crippen molar-refractivity contribution < 1.29 is 13.6 Å². The largest absolute Gasteiger partial charge is 0.319 e. The number of aromatic nitrogens is 2. The van der Waals surface area contributed by atoms with E-state index >= 15 is 0 Å². The van der Waals surface area contributed by atoms with Crippen LogP contribution in [0, 0.1) is 11.6 Å². The van der Waals surface area contributed by atoms with Gasteiger partial charge in [0.15, 0.2) is 17.5 Å². The summed E-state index contributed by atoms with van der Waals surface area (Å²) in [5.41, 5.74) is 1.18. The zero-order chi connectivity index (χ0) is 13.8. The van der Waals surface area contributed by atoms with Crippen molar-refractivity contribution in [2.75, 3.05) is 10.7 Å². The minimum absolute atomic E-state index is 0.175. The lowest BCUT2D eigenvalue weighted by molar-refractivity contribution is 0.102. The lowest BCUT2D eigenvalue weighted by atomic mass is 10.1. The molecule has 0 bridgehead atoms. The second-order valence-electron chi connectivity index (χ2n) is 3.50. The Bertz CT molecular complexity index is 582. The molecule has 19 heavy (non-hydrogen) atoms. The van der Waals surface area contributed by atoms with E-state index in [2.05, 4.69) is 15.3 Å². The summed E-state index contributed by atoms with van der Waals surface area (Å²) in [5.74, 6) is 2.49. The third-order valence-corrected chi connectivity index (χ3v) is 2.25. The van der Waals surface area contributed by atoms with Gasteiger partial charge in [-0.2, -0.15) is 0 Å². The van der Waals surface area contributed by atoms with Gasteiger partial charge in [0.1, 0.15) is 5.69 Å². The Labute approximate surface area is 106 Å². The van der Waals surface area contributed by atoms with Crippen LogP contribution < -0.4 is 16.6 Å². The number of nitrogens with two attached hydrogens (primary N) is 1. The Kier molecular flexibility index (Phi) is 3.62. The smallest absolute Gasteiger partial charge is 0.257 e. The van der Waals surface area contributed by atoms with Crippen LogP contribution >= 0.6 is 0 Å². The van der Waals surface area contributed by atoms with E-state index < -0.39 is 23.2 Å². The normalized spacial score (nSPS) is 10.1. The molecule has 1 heterocycles. The van der Waals surface area contributed by atoms with Crippen molar-refractivity contribution in [3.63, 3.8) is 0 Å². The van der Waals surface area contributed by atoms with Crippen LogP contribution in [0.25, 0.3) is 0 Å². The highest BCUT2D eigenvalue weighted by Crippen LogP contribution is 2.20. The Morgan fingerprint density at radius 2 is 1.89 bits per heavy atom. The average molecular weight is 265 g/mol. The molecule has 6 nitrogen and oxygen atoms in total. The van der Waals surface area contributed by atoms with Crippen molar-refractivity contribution in [1.29, 1.82) is 0 Å². The maximum absolute atomic E-state index is 13.4. The van der Waals surface area contributed by atoms with Gasteiger partial charge in [-0.15, -0.1) is 0 Å². The fourth-order valence-corrected chi connectivity index (χ4v) is 1.39. The second-order valence-corrected chi connectivity index (χ2v) is 3.50. The molecule has 1 aromatic heterocycles. The number of rotatable bonds is 3. The topological polar surface area (TPSA) is 92.9 Å². The molecule has 0 aliphatic heterocycles. The molecule has 1 amide bonds. The molecule has 0 fully saturated rings. The maximum atomic E-state index is 13.4. The molecule has 0 aliphatic carbocycles. The van der Waals surface area contributed by atoms with Gasteiger partial charge in [0.2, 0.25) is 0 Å². The Balaban J connectivity index is 2.25. The van der Waals surface area contributed by atoms with E-state index in [0.29, 0.717) is 0 Å². The molecule has 0 aliphatic rings. The Hall–Kier alpha value is -2.61. The van der Waals surface area contributed by atoms with Gasteiger partial charge in [0.05, 0.1) is 6.20 Å². The van der Waals surface area contributed by atoms with Crippen molar-refractivity contribution in [3.05, 3.63) is 47.9 Å². The van der Waals surface area contributed by atoms with Crippen LogP contribution in [0.3, 0.4) is 0 Å². The van der Waals surface area contributed by atoms with Crippen molar-refractivity contribution >= 4 is 17.4 Å². The number of hydrogen-bond acceptors (Lipinski definition) is 5. The average Bonchev–Trinajstić information content (AvgIpc) is 2.39. The molecule has 0 radical (unpaired) electrons. The lowest BCUT2D eigenvalue weighted by Gasteiger charge is -2.07. The summed E-state index contributed by atoms with van der Waals surface area (Å²) in [6, 6.07) is 1.73.